The summed E-state index contributed by atoms with van der Waals surface area (Å²) in [5.41, 5.74) is 1.36. The summed E-state index contributed by atoms with van der Waals surface area (Å²) in [6, 6.07) is 11.1. The highest BCUT2D eigenvalue weighted by molar-refractivity contribution is 5.15. The van der Waals surface area contributed by atoms with Gasteiger partial charge < -0.3 is 9.47 Å². The van der Waals surface area contributed by atoms with E-state index in [0.717, 1.165) is 19.5 Å². The van der Waals surface area contributed by atoms with E-state index in [1.54, 1.807) is 0 Å². The Hall–Kier alpha value is -0.900. The van der Waals surface area contributed by atoms with Crippen LogP contribution in [0.25, 0.3) is 0 Å². The highest BCUT2D eigenvalue weighted by Crippen LogP contribution is 2.38. The minimum atomic E-state index is -0.415. The largest absolute Gasteiger partial charge is 0.343 e. The molecule has 0 unspecified atom stereocenters. The number of hydrogen-bond donors (Lipinski definition) is 0. The fraction of sp³-hybridized carbons (Fsp3) is 0.625. The van der Waals surface area contributed by atoms with Crippen LogP contribution in [0, 0.1) is 0 Å². The van der Waals surface area contributed by atoms with Gasteiger partial charge in [-0.25, -0.2) is 0 Å². The molecule has 1 aromatic rings. The van der Waals surface area contributed by atoms with Crippen molar-refractivity contribution in [2.24, 2.45) is 0 Å². The smallest absolute Gasteiger partial charge is 0.163 e. The number of likely N-dealkylation sites (tertiary alicyclic amines) is 1. The second-order valence-corrected chi connectivity index (χ2v) is 6.03. The minimum absolute atomic E-state index is 0.226. The van der Waals surface area contributed by atoms with Gasteiger partial charge >= 0.3 is 0 Å². The summed E-state index contributed by atoms with van der Waals surface area (Å²) >= 11 is 0. The van der Waals surface area contributed by atoms with Crippen molar-refractivity contribution in [3.8, 4) is 0 Å². The van der Waals surface area contributed by atoms with E-state index in [-0.39, 0.29) is 12.2 Å². The highest BCUT2D eigenvalue weighted by atomic mass is 16.8. The number of hydrogen-bond acceptors (Lipinski definition) is 3. The average molecular weight is 261 g/mol. The molecule has 0 radical (unpaired) electrons. The number of nitrogens with zero attached hydrogens (tertiary/aromatic N) is 1. The third-order valence-corrected chi connectivity index (χ3v) is 4.13. The Morgan fingerprint density at radius 2 is 1.95 bits per heavy atom. The maximum Gasteiger partial charge on any atom is 0.163 e. The highest BCUT2D eigenvalue weighted by Gasteiger charge is 2.51. The predicted molar refractivity (Wildman–Crippen MR) is 74.8 cm³/mol. The zero-order chi connectivity index (χ0) is 13.5. The first-order valence-corrected chi connectivity index (χ1v) is 7.22. The van der Waals surface area contributed by atoms with Gasteiger partial charge in [0.1, 0.15) is 12.2 Å². The van der Waals surface area contributed by atoms with E-state index in [1.165, 1.54) is 5.56 Å². The summed E-state index contributed by atoms with van der Waals surface area (Å²) in [7, 11) is 0. The molecule has 2 aliphatic heterocycles. The van der Waals surface area contributed by atoms with E-state index in [1.807, 2.05) is 13.8 Å². The van der Waals surface area contributed by atoms with Gasteiger partial charge in [0.2, 0.25) is 0 Å². The van der Waals surface area contributed by atoms with E-state index in [0.29, 0.717) is 6.04 Å². The first-order valence-electron chi connectivity index (χ1n) is 7.22. The maximum absolute atomic E-state index is 6.08. The number of fused-ring (bicyclic) bond motifs is 1. The average Bonchev–Trinajstić information content (AvgIpc) is 2.81. The molecular formula is C16H23NO2. The van der Waals surface area contributed by atoms with Crippen LogP contribution < -0.4 is 0 Å². The van der Waals surface area contributed by atoms with Crippen molar-refractivity contribution in [3.05, 3.63) is 35.9 Å². The summed E-state index contributed by atoms with van der Waals surface area (Å²) < 4.78 is 12.1. The van der Waals surface area contributed by atoms with Gasteiger partial charge in [-0.1, -0.05) is 37.3 Å². The van der Waals surface area contributed by atoms with Crippen LogP contribution >= 0.6 is 0 Å². The maximum atomic E-state index is 6.08. The van der Waals surface area contributed by atoms with Crippen LogP contribution in [0.2, 0.25) is 0 Å². The van der Waals surface area contributed by atoms with Crippen molar-refractivity contribution in [2.45, 2.75) is 57.8 Å². The van der Waals surface area contributed by atoms with Gasteiger partial charge in [0.15, 0.2) is 5.79 Å². The van der Waals surface area contributed by atoms with Crippen LogP contribution in [0.4, 0.5) is 0 Å². The molecule has 3 nitrogen and oxygen atoms in total. The fourth-order valence-corrected chi connectivity index (χ4v) is 3.40. The summed E-state index contributed by atoms with van der Waals surface area (Å²) in [5.74, 6) is -0.415. The molecule has 19 heavy (non-hydrogen) atoms. The van der Waals surface area contributed by atoms with Crippen molar-refractivity contribution in [1.29, 1.82) is 0 Å². The van der Waals surface area contributed by atoms with Gasteiger partial charge in [0, 0.05) is 19.1 Å². The topological polar surface area (TPSA) is 21.7 Å². The van der Waals surface area contributed by atoms with Crippen molar-refractivity contribution < 1.29 is 9.47 Å². The number of benzene rings is 1. The molecule has 0 aromatic heterocycles. The SMILES string of the molecule is CC[C@@H]1[C@H]2OC(C)(C)O[C@H]2CN1Cc1ccccc1. The Balaban J connectivity index is 1.72. The molecule has 3 rings (SSSR count). The van der Waals surface area contributed by atoms with Gasteiger partial charge in [0.25, 0.3) is 0 Å². The molecule has 2 heterocycles. The Kier molecular flexibility index (Phi) is 3.37. The first kappa shape index (κ1) is 13.1. The molecule has 0 saturated carbocycles. The summed E-state index contributed by atoms with van der Waals surface area (Å²) in [6.07, 6.45) is 1.56. The second-order valence-electron chi connectivity index (χ2n) is 6.03. The van der Waals surface area contributed by atoms with Crippen LogP contribution in [0.5, 0.6) is 0 Å². The van der Waals surface area contributed by atoms with Gasteiger partial charge in [-0.3, -0.25) is 4.90 Å². The Labute approximate surface area is 115 Å². The van der Waals surface area contributed by atoms with Crippen LogP contribution in [-0.4, -0.2) is 35.5 Å². The van der Waals surface area contributed by atoms with Gasteiger partial charge in [-0.15, -0.1) is 0 Å². The molecule has 2 saturated heterocycles. The predicted octanol–water partition coefficient (Wildman–Crippen LogP) is 2.80. The molecule has 0 spiro atoms. The molecule has 3 atom stereocenters. The first-order chi connectivity index (χ1) is 9.09. The van der Waals surface area contributed by atoms with Crippen molar-refractivity contribution in [3.63, 3.8) is 0 Å². The summed E-state index contributed by atoms with van der Waals surface area (Å²) in [4.78, 5) is 2.50. The van der Waals surface area contributed by atoms with Gasteiger partial charge in [-0.05, 0) is 25.8 Å². The second kappa shape index (κ2) is 4.89. The Bertz CT molecular complexity index is 432. The molecule has 0 N–H and O–H groups in total. The molecule has 0 bridgehead atoms. The van der Waals surface area contributed by atoms with Crippen LogP contribution in [0.1, 0.15) is 32.8 Å². The van der Waals surface area contributed by atoms with Crippen LogP contribution in [0.15, 0.2) is 30.3 Å². The molecule has 1 aromatic carbocycles. The van der Waals surface area contributed by atoms with E-state index in [9.17, 15) is 0 Å². The third kappa shape index (κ3) is 2.55. The molecular weight excluding hydrogens is 238 g/mol. The zero-order valence-electron chi connectivity index (χ0n) is 12.0. The Morgan fingerprint density at radius 1 is 1.21 bits per heavy atom. The van der Waals surface area contributed by atoms with Crippen molar-refractivity contribution in [2.75, 3.05) is 6.54 Å². The molecule has 2 fully saturated rings. The van der Waals surface area contributed by atoms with Gasteiger partial charge in [0.05, 0.1) is 0 Å². The van der Waals surface area contributed by atoms with E-state index < -0.39 is 5.79 Å². The normalized spacial score (nSPS) is 33.5. The lowest BCUT2D eigenvalue weighted by molar-refractivity contribution is -0.162. The third-order valence-electron chi connectivity index (χ3n) is 4.13. The molecule has 2 aliphatic rings. The van der Waals surface area contributed by atoms with E-state index in [4.69, 9.17) is 9.47 Å². The number of rotatable bonds is 3. The standard InChI is InChI=1S/C16H23NO2/c1-4-13-15-14(18-16(2,3)19-15)11-17(13)10-12-8-6-5-7-9-12/h5-9,13-15H,4,10-11H2,1-3H3/t13-,14+,15-/m1/s1. The fourth-order valence-electron chi connectivity index (χ4n) is 3.40. The van der Waals surface area contributed by atoms with Crippen LogP contribution in [-0.2, 0) is 16.0 Å². The lowest BCUT2D eigenvalue weighted by Crippen LogP contribution is -2.37. The molecule has 104 valence electrons. The van der Waals surface area contributed by atoms with Gasteiger partial charge in [-0.2, -0.15) is 0 Å². The Morgan fingerprint density at radius 3 is 2.63 bits per heavy atom. The quantitative estimate of drug-likeness (QED) is 0.835. The van der Waals surface area contributed by atoms with E-state index in [2.05, 4.69) is 42.2 Å². The van der Waals surface area contributed by atoms with Crippen molar-refractivity contribution in [1.82, 2.24) is 4.90 Å². The zero-order valence-corrected chi connectivity index (χ0v) is 12.0. The lowest BCUT2D eigenvalue weighted by atomic mass is 10.1. The number of ether oxygens (including phenoxy) is 2. The minimum Gasteiger partial charge on any atom is -0.343 e. The molecule has 0 amide bonds. The monoisotopic (exact) mass is 261 g/mol. The van der Waals surface area contributed by atoms with Crippen molar-refractivity contribution >= 4 is 0 Å². The molecule has 0 aliphatic carbocycles. The summed E-state index contributed by atoms with van der Waals surface area (Å²) in [5, 5.41) is 0. The van der Waals surface area contributed by atoms with E-state index >= 15 is 0 Å². The lowest BCUT2D eigenvalue weighted by Gasteiger charge is -2.29. The molecule has 3 heteroatoms. The van der Waals surface area contributed by atoms with Crippen LogP contribution in [0.3, 0.4) is 0 Å². The summed E-state index contributed by atoms with van der Waals surface area (Å²) in [6.45, 7) is 8.22.